The molecule has 41 heavy (non-hydrogen) atoms. The van der Waals surface area contributed by atoms with Crippen LogP contribution in [0.5, 0.6) is 0 Å². The Bertz CT molecular complexity index is 1290. The van der Waals surface area contributed by atoms with Gasteiger partial charge in [0.25, 0.3) is 5.78 Å². The molecular formula is C35H43Cl3N2O. The normalized spacial score (nSPS) is 11.1. The number of aromatic nitrogens is 2. The number of hydrogen-bond donors (Lipinski definition) is 0. The number of ketones is 1. The lowest BCUT2D eigenvalue weighted by Crippen LogP contribution is -3.00. The molecule has 0 radical (unpaired) electrons. The van der Waals surface area contributed by atoms with E-state index in [0.717, 1.165) is 11.4 Å². The van der Waals surface area contributed by atoms with Gasteiger partial charge in [-0.05, 0) is 23.7 Å². The third-order valence-corrected chi connectivity index (χ3v) is 7.23. The van der Waals surface area contributed by atoms with E-state index in [9.17, 15) is 4.79 Å². The topological polar surface area (TPSA) is 25.9 Å². The Hall–Kier alpha value is -2.59. The molecular weight excluding hydrogens is 571 g/mol. The molecule has 220 valence electrons. The summed E-state index contributed by atoms with van der Waals surface area (Å²) >= 11 is 9.53. The fourth-order valence-electron chi connectivity index (χ4n) is 5.27. The number of hydrogen-bond acceptors (Lipinski definition) is 1. The second-order valence-electron chi connectivity index (χ2n) is 11.3. The molecule has 0 spiro atoms. The van der Waals surface area contributed by atoms with Gasteiger partial charge in [0.05, 0.1) is 5.34 Å². The highest BCUT2D eigenvalue weighted by atomic mass is 35.5. The Morgan fingerprint density at radius 2 is 1.10 bits per heavy atom. The van der Waals surface area contributed by atoms with Gasteiger partial charge >= 0.3 is 5.82 Å². The summed E-state index contributed by atoms with van der Waals surface area (Å²) in [6.45, 7) is 17.8. The van der Waals surface area contributed by atoms with Gasteiger partial charge in [0.2, 0.25) is 0 Å². The Labute approximate surface area is 262 Å². The molecule has 0 saturated carbocycles. The maximum atomic E-state index is 14.4. The number of benzene rings is 3. The van der Waals surface area contributed by atoms with E-state index in [-0.39, 0.29) is 23.5 Å². The van der Waals surface area contributed by atoms with E-state index in [4.69, 9.17) is 23.2 Å². The summed E-state index contributed by atoms with van der Waals surface area (Å²) in [7, 11) is 0. The molecule has 0 aliphatic heterocycles. The summed E-state index contributed by atoms with van der Waals surface area (Å²) in [5.74, 6) is 1.96. The number of halogens is 3. The van der Waals surface area contributed by atoms with Crippen LogP contribution in [0.4, 0.5) is 0 Å². The van der Waals surface area contributed by atoms with Crippen molar-refractivity contribution in [3.8, 4) is 11.4 Å². The van der Waals surface area contributed by atoms with Crippen molar-refractivity contribution in [3.05, 3.63) is 113 Å². The van der Waals surface area contributed by atoms with E-state index < -0.39 is 0 Å². The monoisotopic (exact) mass is 612 g/mol. The summed E-state index contributed by atoms with van der Waals surface area (Å²) in [6, 6.07) is 22.8. The van der Waals surface area contributed by atoms with Gasteiger partial charge in [0, 0.05) is 27.8 Å². The van der Waals surface area contributed by atoms with Gasteiger partial charge in [0.15, 0.2) is 0 Å². The van der Waals surface area contributed by atoms with E-state index in [2.05, 4.69) is 113 Å². The second kappa shape index (κ2) is 15.6. The lowest BCUT2D eigenvalue weighted by atomic mass is 9.92. The zero-order valence-corrected chi connectivity index (χ0v) is 27.7. The number of alkyl halides is 2. The van der Waals surface area contributed by atoms with Crippen molar-refractivity contribution >= 4 is 29.0 Å². The summed E-state index contributed by atoms with van der Waals surface area (Å²) in [5.41, 5.74) is 7.93. The first-order valence-corrected chi connectivity index (χ1v) is 15.2. The molecule has 0 aliphatic carbocycles. The van der Waals surface area contributed by atoms with Gasteiger partial charge < -0.3 is 12.4 Å². The number of rotatable bonds is 8. The van der Waals surface area contributed by atoms with E-state index in [1.807, 2.05) is 30.3 Å². The third kappa shape index (κ3) is 7.63. The largest absolute Gasteiger partial charge is 1.00 e. The first-order valence-electron chi connectivity index (χ1n) is 14.2. The Kier molecular flexibility index (Phi) is 13.2. The van der Waals surface area contributed by atoms with Crippen LogP contribution in [0.15, 0.2) is 79.1 Å². The average Bonchev–Trinajstić information content (AvgIpc) is 3.36. The van der Waals surface area contributed by atoms with Crippen LogP contribution >= 0.6 is 23.2 Å². The van der Waals surface area contributed by atoms with Crippen LogP contribution in [0, 0.1) is 0 Å². The van der Waals surface area contributed by atoms with Gasteiger partial charge in [0.1, 0.15) is 23.8 Å². The highest BCUT2D eigenvalue weighted by molar-refractivity contribution is 6.40. The number of nitrogens with zero attached hydrogens (tertiary/aromatic N) is 2. The molecule has 0 unspecified atom stereocenters. The minimum Gasteiger partial charge on any atom is -1.00 e. The molecule has 0 atom stereocenters. The van der Waals surface area contributed by atoms with Crippen molar-refractivity contribution in [2.75, 3.05) is 5.34 Å². The Morgan fingerprint density at radius 1 is 0.683 bits per heavy atom. The molecule has 0 fully saturated rings. The smallest absolute Gasteiger partial charge is 0.341 e. The summed E-state index contributed by atoms with van der Waals surface area (Å²) in [5, 5.41) is 0.194. The number of para-hydroxylation sites is 2. The fourth-order valence-corrected chi connectivity index (χ4v) is 5.27. The average molecular weight is 614 g/mol. The van der Waals surface area contributed by atoms with Gasteiger partial charge in [-0.1, -0.05) is 122 Å². The van der Waals surface area contributed by atoms with Crippen LogP contribution < -0.4 is 17.0 Å². The predicted octanol–water partition coefficient (Wildman–Crippen LogP) is 6.90. The molecule has 3 nitrogen and oxygen atoms in total. The van der Waals surface area contributed by atoms with Crippen LogP contribution in [0.3, 0.4) is 0 Å². The number of carbonyl (C=O) groups is 1. The maximum Gasteiger partial charge on any atom is 0.341 e. The molecule has 0 N–H and O–H groups in total. The summed E-state index contributed by atoms with van der Waals surface area (Å²) in [4.78, 5) is 14.4. The predicted molar refractivity (Wildman–Crippen MR) is 170 cm³/mol. The van der Waals surface area contributed by atoms with Crippen LogP contribution in [-0.2, 0) is 0 Å². The van der Waals surface area contributed by atoms with Gasteiger partial charge in [-0.15, -0.1) is 23.2 Å². The van der Waals surface area contributed by atoms with Crippen molar-refractivity contribution in [2.45, 2.75) is 79.1 Å². The van der Waals surface area contributed by atoms with Crippen LogP contribution in [0.1, 0.15) is 117 Å². The zero-order valence-electron chi connectivity index (χ0n) is 25.5. The zero-order chi connectivity index (χ0) is 29.6. The second-order valence-corrected chi connectivity index (χ2v) is 12.2. The van der Waals surface area contributed by atoms with E-state index in [1.54, 1.807) is 0 Å². The van der Waals surface area contributed by atoms with Crippen molar-refractivity contribution in [3.63, 3.8) is 0 Å². The first kappa shape index (κ1) is 34.6. The molecule has 4 rings (SSSR count). The molecule has 0 saturated heterocycles. The summed E-state index contributed by atoms with van der Waals surface area (Å²) < 4.78 is 4.31. The number of imidazole rings is 1. The molecule has 4 aromatic rings. The van der Waals surface area contributed by atoms with Crippen molar-refractivity contribution in [1.82, 2.24) is 4.57 Å². The highest BCUT2D eigenvalue weighted by Crippen LogP contribution is 2.34. The molecule has 6 heteroatoms. The Morgan fingerprint density at radius 3 is 1.51 bits per heavy atom. The van der Waals surface area contributed by atoms with E-state index in [0.29, 0.717) is 35.1 Å². The van der Waals surface area contributed by atoms with Gasteiger partial charge in [-0.3, -0.25) is 4.79 Å². The van der Waals surface area contributed by atoms with E-state index >= 15 is 0 Å². The lowest BCUT2D eigenvalue weighted by molar-refractivity contribution is -0.598. The highest BCUT2D eigenvalue weighted by Gasteiger charge is 2.34. The molecule has 1 heterocycles. The van der Waals surface area contributed by atoms with Gasteiger partial charge in [-0.25, -0.2) is 0 Å². The van der Waals surface area contributed by atoms with Crippen LogP contribution in [0.25, 0.3) is 11.4 Å². The molecule has 1 aromatic heterocycles. The fraction of sp³-hybridized carbons (Fsp3) is 0.371. The minimum atomic E-state index is 0. The van der Waals surface area contributed by atoms with Crippen LogP contribution in [-0.4, -0.2) is 15.7 Å². The van der Waals surface area contributed by atoms with Crippen molar-refractivity contribution in [1.29, 1.82) is 0 Å². The van der Waals surface area contributed by atoms with E-state index in [1.165, 1.54) is 22.3 Å². The van der Waals surface area contributed by atoms with Crippen molar-refractivity contribution in [2.24, 2.45) is 0 Å². The molecule has 0 amide bonds. The first-order chi connectivity index (χ1) is 19.0. The van der Waals surface area contributed by atoms with Crippen molar-refractivity contribution < 1.29 is 21.8 Å². The molecule has 0 bridgehead atoms. The standard InChI is InChI=1S/C34H41N2O.CH2Cl2.ClH/c1-22(2)27-16-12-17-28(23(3)4)31(27)35-20-21-36(34(35)33(37)26-14-10-9-11-15-26)32-29(24(5)6)18-13-19-30(32)25(7)8;2-1-3;/h9-25H,1-8H3;1H2;1H/q+1;;/p-1. The third-order valence-electron chi connectivity index (χ3n) is 7.23. The molecule has 3 aromatic carbocycles. The SMILES string of the molecule is CC(C)c1cccc(C(C)C)c1-n1cc[n+](-c2c(C(C)C)cccc2C(C)C)c1C(=O)c1ccccc1.ClCCl.[Cl-]. The summed E-state index contributed by atoms with van der Waals surface area (Å²) in [6.07, 6.45) is 4.18. The van der Waals surface area contributed by atoms with Crippen LogP contribution in [0.2, 0.25) is 0 Å². The number of carbonyl (C=O) groups excluding carboxylic acids is 1. The maximum absolute atomic E-state index is 14.4. The van der Waals surface area contributed by atoms with Gasteiger partial charge in [-0.2, -0.15) is 9.13 Å². The lowest BCUT2D eigenvalue weighted by Gasteiger charge is -2.19. The minimum absolute atomic E-state index is 0. The Balaban J connectivity index is 0.00000141. The molecule has 0 aliphatic rings. The quantitative estimate of drug-likeness (QED) is 0.121.